The van der Waals surface area contributed by atoms with Gasteiger partial charge in [-0.25, -0.2) is 4.98 Å². The molecule has 0 saturated heterocycles. The smallest absolute Gasteiger partial charge is 0.270 e. The van der Waals surface area contributed by atoms with Crippen LogP contribution in [0.15, 0.2) is 82.2 Å². The lowest BCUT2D eigenvalue weighted by Gasteiger charge is -1.95. The van der Waals surface area contributed by atoms with Gasteiger partial charge >= 0.3 is 0 Å². The van der Waals surface area contributed by atoms with Gasteiger partial charge in [-0.2, -0.15) is 0 Å². The summed E-state index contributed by atoms with van der Waals surface area (Å²) in [5.74, 6) is 0.576. The van der Waals surface area contributed by atoms with Crippen LogP contribution < -0.4 is 0 Å². The topological polar surface area (TPSA) is 81.5 Å². The zero-order valence-electron chi connectivity index (χ0n) is 15.6. The summed E-state index contributed by atoms with van der Waals surface area (Å²) in [7, 11) is 0. The fourth-order valence-electron chi connectivity index (χ4n) is 2.84. The molecule has 4 rings (SSSR count). The van der Waals surface area contributed by atoms with E-state index in [1.807, 2.05) is 49.4 Å². The number of hydrogen-bond donors (Lipinski definition) is 0. The molecule has 29 heavy (non-hydrogen) atoms. The first kappa shape index (κ1) is 18.3. The molecule has 0 N–H and O–H groups in total. The van der Waals surface area contributed by atoms with E-state index in [0.717, 1.165) is 22.3 Å². The predicted octanol–water partition coefficient (Wildman–Crippen LogP) is 6.13. The number of non-ortho nitro benzene ring substituents is 1. The van der Waals surface area contributed by atoms with E-state index in [1.54, 1.807) is 30.5 Å². The Morgan fingerprint density at radius 2 is 1.90 bits per heavy atom. The Labute approximate surface area is 167 Å². The molecule has 1 aromatic heterocycles. The first-order valence-corrected chi connectivity index (χ1v) is 9.01. The second-order valence-electron chi connectivity index (χ2n) is 6.53. The van der Waals surface area contributed by atoms with Crippen LogP contribution in [0, 0.1) is 17.0 Å². The van der Waals surface area contributed by atoms with Gasteiger partial charge in [0.15, 0.2) is 5.58 Å². The van der Waals surface area contributed by atoms with Crippen LogP contribution in [0.2, 0.25) is 0 Å². The lowest BCUT2D eigenvalue weighted by atomic mass is 10.1. The Morgan fingerprint density at radius 1 is 1.07 bits per heavy atom. The van der Waals surface area contributed by atoms with Gasteiger partial charge in [0.1, 0.15) is 5.52 Å². The molecule has 0 unspecified atom stereocenters. The number of aryl methyl sites for hydroxylation is 1. The van der Waals surface area contributed by atoms with Crippen molar-refractivity contribution in [2.24, 2.45) is 4.99 Å². The molecular formula is C23H17N3O3. The van der Waals surface area contributed by atoms with Crippen molar-refractivity contribution >= 4 is 34.8 Å². The molecule has 6 heteroatoms. The average Bonchev–Trinajstić information content (AvgIpc) is 3.15. The highest BCUT2D eigenvalue weighted by molar-refractivity contribution is 5.84. The van der Waals surface area contributed by atoms with Gasteiger partial charge in [0, 0.05) is 23.9 Å². The van der Waals surface area contributed by atoms with Crippen LogP contribution >= 0.6 is 0 Å². The Kier molecular flexibility index (Phi) is 4.99. The van der Waals surface area contributed by atoms with Crippen molar-refractivity contribution in [3.8, 4) is 11.5 Å². The quantitative estimate of drug-likeness (QED) is 0.236. The van der Waals surface area contributed by atoms with Crippen molar-refractivity contribution in [3.63, 3.8) is 0 Å². The Hall–Kier alpha value is -4.06. The van der Waals surface area contributed by atoms with Crippen LogP contribution in [0.5, 0.6) is 0 Å². The third-order valence-corrected chi connectivity index (χ3v) is 4.35. The second-order valence-corrected chi connectivity index (χ2v) is 6.53. The SMILES string of the molecule is Cc1ccc(-c2nc3cc(N=C/C=C\c4cccc([N+](=O)[O-])c4)ccc3o2)cc1. The average molecular weight is 383 g/mol. The van der Waals surface area contributed by atoms with Gasteiger partial charge in [-0.05, 0) is 48.9 Å². The van der Waals surface area contributed by atoms with Gasteiger partial charge in [-0.3, -0.25) is 15.1 Å². The maximum Gasteiger partial charge on any atom is 0.270 e. The number of nitro benzene ring substituents is 1. The van der Waals surface area contributed by atoms with E-state index < -0.39 is 4.92 Å². The van der Waals surface area contributed by atoms with Crippen molar-refractivity contribution in [2.45, 2.75) is 6.92 Å². The number of nitro groups is 1. The van der Waals surface area contributed by atoms with Crippen LogP contribution in [-0.2, 0) is 0 Å². The third-order valence-electron chi connectivity index (χ3n) is 4.35. The summed E-state index contributed by atoms with van der Waals surface area (Å²) in [6.45, 7) is 2.04. The van der Waals surface area contributed by atoms with Gasteiger partial charge in [-0.15, -0.1) is 0 Å². The van der Waals surface area contributed by atoms with Crippen molar-refractivity contribution in [1.82, 2.24) is 4.98 Å². The van der Waals surface area contributed by atoms with E-state index in [1.165, 1.54) is 17.7 Å². The van der Waals surface area contributed by atoms with Crippen LogP contribution in [0.3, 0.4) is 0 Å². The van der Waals surface area contributed by atoms with E-state index in [-0.39, 0.29) is 5.69 Å². The fourth-order valence-corrected chi connectivity index (χ4v) is 2.84. The summed E-state index contributed by atoms with van der Waals surface area (Å²) in [5, 5.41) is 10.8. The molecule has 4 aromatic rings. The Bertz CT molecular complexity index is 1240. The molecule has 1 heterocycles. The summed E-state index contributed by atoms with van der Waals surface area (Å²) in [6, 6.07) is 20.0. The number of fused-ring (bicyclic) bond motifs is 1. The monoisotopic (exact) mass is 383 g/mol. The minimum atomic E-state index is -0.413. The van der Waals surface area contributed by atoms with Crippen molar-refractivity contribution < 1.29 is 9.34 Å². The fraction of sp³-hybridized carbons (Fsp3) is 0.0435. The van der Waals surface area contributed by atoms with Gasteiger partial charge in [0.05, 0.1) is 10.6 Å². The maximum atomic E-state index is 10.8. The maximum absolute atomic E-state index is 10.8. The molecule has 0 aliphatic heterocycles. The van der Waals surface area contributed by atoms with E-state index in [4.69, 9.17) is 4.42 Å². The van der Waals surface area contributed by atoms with Crippen LogP contribution in [0.1, 0.15) is 11.1 Å². The molecule has 0 spiro atoms. The molecule has 0 atom stereocenters. The standard InChI is InChI=1S/C23H17N3O3/c1-16-7-9-18(10-8-16)23-25-21-15-19(11-12-22(21)29-23)24-13-3-5-17-4-2-6-20(14-17)26(27)28/h2-15H,1H3/b5-3-,24-13?. The normalized spacial score (nSPS) is 11.6. The molecule has 0 fully saturated rings. The highest BCUT2D eigenvalue weighted by Crippen LogP contribution is 2.27. The summed E-state index contributed by atoms with van der Waals surface area (Å²) >= 11 is 0. The highest BCUT2D eigenvalue weighted by Gasteiger charge is 2.08. The molecule has 0 radical (unpaired) electrons. The molecule has 6 nitrogen and oxygen atoms in total. The summed E-state index contributed by atoms with van der Waals surface area (Å²) < 4.78 is 5.83. The van der Waals surface area contributed by atoms with Crippen molar-refractivity contribution in [1.29, 1.82) is 0 Å². The number of nitrogens with zero attached hydrogens (tertiary/aromatic N) is 3. The third kappa shape index (κ3) is 4.27. The highest BCUT2D eigenvalue weighted by atomic mass is 16.6. The van der Waals surface area contributed by atoms with Crippen LogP contribution in [0.25, 0.3) is 28.6 Å². The Balaban J connectivity index is 1.51. The van der Waals surface area contributed by atoms with E-state index in [2.05, 4.69) is 9.98 Å². The summed E-state index contributed by atoms with van der Waals surface area (Å²) in [6.07, 6.45) is 5.14. The molecule has 0 amide bonds. The first-order chi connectivity index (χ1) is 14.1. The first-order valence-electron chi connectivity index (χ1n) is 9.01. The summed E-state index contributed by atoms with van der Waals surface area (Å²) in [4.78, 5) is 19.4. The number of aromatic nitrogens is 1. The lowest BCUT2D eigenvalue weighted by molar-refractivity contribution is -0.384. The molecule has 0 aliphatic rings. The van der Waals surface area contributed by atoms with Gasteiger partial charge < -0.3 is 4.42 Å². The predicted molar refractivity (Wildman–Crippen MR) is 114 cm³/mol. The van der Waals surface area contributed by atoms with Gasteiger partial charge in [-0.1, -0.05) is 35.9 Å². The van der Waals surface area contributed by atoms with Gasteiger partial charge in [0.2, 0.25) is 5.89 Å². The molecule has 0 aliphatic carbocycles. The zero-order chi connectivity index (χ0) is 20.2. The number of benzene rings is 3. The molecule has 142 valence electrons. The minimum Gasteiger partial charge on any atom is -0.436 e. The van der Waals surface area contributed by atoms with Crippen molar-refractivity contribution in [2.75, 3.05) is 0 Å². The molecular weight excluding hydrogens is 366 g/mol. The zero-order valence-corrected chi connectivity index (χ0v) is 15.6. The number of rotatable bonds is 5. The molecule has 0 saturated carbocycles. The largest absolute Gasteiger partial charge is 0.436 e. The van der Waals surface area contributed by atoms with E-state index in [9.17, 15) is 10.1 Å². The second kappa shape index (κ2) is 7.90. The number of hydrogen-bond acceptors (Lipinski definition) is 5. The van der Waals surface area contributed by atoms with E-state index in [0.29, 0.717) is 11.5 Å². The number of oxazole rings is 1. The van der Waals surface area contributed by atoms with E-state index >= 15 is 0 Å². The summed E-state index contributed by atoms with van der Waals surface area (Å²) in [5.41, 5.74) is 5.08. The van der Waals surface area contributed by atoms with Gasteiger partial charge in [0.25, 0.3) is 5.69 Å². The molecule has 0 bridgehead atoms. The molecule has 3 aromatic carbocycles. The Morgan fingerprint density at radius 3 is 2.69 bits per heavy atom. The minimum absolute atomic E-state index is 0.0601. The van der Waals surface area contributed by atoms with Crippen molar-refractivity contribution in [3.05, 3.63) is 94.0 Å². The van der Waals surface area contributed by atoms with Crippen LogP contribution in [0.4, 0.5) is 11.4 Å². The number of aliphatic imine (C=N–C) groups is 1. The lowest BCUT2D eigenvalue weighted by Crippen LogP contribution is -1.87. The number of allylic oxidation sites excluding steroid dienone is 1. The van der Waals surface area contributed by atoms with Crippen LogP contribution in [-0.4, -0.2) is 16.1 Å².